The molecule has 1 atom stereocenters. The van der Waals surface area contributed by atoms with E-state index in [1.165, 1.54) is 5.56 Å². The van der Waals surface area contributed by atoms with E-state index in [1.807, 2.05) is 11.0 Å². The fourth-order valence-corrected chi connectivity index (χ4v) is 5.26. The first-order valence-corrected chi connectivity index (χ1v) is 12.6. The third-order valence-corrected chi connectivity index (χ3v) is 7.07. The van der Waals surface area contributed by atoms with Crippen molar-refractivity contribution in [3.05, 3.63) is 72.7 Å². The number of fused-ring (bicyclic) bond motifs is 1. The maximum atomic E-state index is 13.2. The summed E-state index contributed by atoms with van der Waals surface area (Å²) < 4.78 is 2.17. The highest BCUT2D eigenvalue weighted by Gasteiger charge is 2.30. The minimum Gasteiger partial charge on any atom is -0.355 e. The average Bonchev–Trinajstić information content (AvgIpc) is 3.30. The molecule has 1 fully saturated rings. The topological polar surface area (TPSA) is 54.3 Å². The molecule has 1 amide bonds. The molecule has 0 aliphatic carbocycles. The van der Waals surface area contributed by atoms with E-state index in [1.54, 1.807) is 6.33 Å². The lowest BCUT2D eigenvalue weighted by atomic mass is 9.96. The molecule has 0 N–H and O–H groups in total. The van der Waals surface area contributed by atoms with Gasteiger partial charge in [0.25, 0.3) is 0 Å². The summed E-state index contributed by atoms with van der Waals surface area (Å²) in [5, 5.41) is 1.04. The van der Waals surface area contributed by atoms with Gasteiger partial charge in [0.15, 0.2) is 5.65 Å². The third kappa shape index (κ3) is 4.41. The second-order valence-corrected chi connectivity index (χ2v) is 9.31. The Morgan fingerprint density at radius 1 is 1.06 bits per heavy atom. The van der Waals surface area contributed by atoms with Gasteiger partial charge in [0, 0.05) is 43.6 Å². The van der Waals surface area contributed by atoms with E-state index in [-0.39, 0.29) is 11.8 Å². The minimum atomic E-state index is -0.00676. The molecule has 1 saturated heterocycles. The second-order valence-electron chi connectivity index (χ2n) is 9.31. The van der Waals surface area contributed by atoms with Crippen molar-refractivity contribution in [3.63, 3.8) is 0 Å². The maximum absolute atomic E-state index is 13.2. The van der Waals surface area contributed by atoms with Crippen LogP contribution in [0.25, 0.3) is 27.8 Å². The number of aromatic nitrogens is 3. The summed E-state index contributed by atoms with van der Waals surface area (Å²) in [6.45, 7) is 9.28. The third-order valence-electron chi connectivity index (χ3n) is 7.07. The minimum absolute atomic E-state index is 0.00676. The predicted octanol–water partition coefficient (Wildman–Crippen LogP) is 5.48. The lowest BCUT2D eigenvalue weighted by Crippen LogP contribution is -2.45. The molecule has 0 unspecified atom stereocenters. The molecule has 0 radical (unpaired) electrons. The Bertz CT molecular complexity index is 1330. The van der Waals surface area contributed by atoms with Crippen molar-refractivity contribution >= 4 is 22.8 Å². The van der Waals surface area contributed by atoms with Gasteiger partial charge in [-0.25, -0.2) is 9.97 Å². The van der Waals surface area contributed by atoms with E-state index >= 15 is 0 Å². The molecule has 1 aliphatic rings. The Balaban J connectivity index is 1.63. The van der Waals surface area contributed by atoms with Gasteiger partial charge in [0.2, 0.25) is 5.91 Å². The van der Waals surface area contributed by atoms with Crippen LogP contribution in [0.1, 0.15) is 32.3 Å². The first kappa shape index (κ1) is 23.1. The van der Waals surface area contributed by atoms with Crippen molar-refractivity contribution in [1.29, 1.82) is 0 Å². The Morgan fingerprint density at radius 2 is 1.86 bits per heavy atom. The molecule has 0 spiro atoms. The Kier molecular flexibility index (Phi) is 6.53. The van der Waals surface area contributed by atoms with Gasteiger partial charge >= 0.3 is 0 Å². The number of hydrogen-bond acceptors (Lipinski definition) is 4. The number of hydrogen-bond donors (Lipinski definition) is 0. The van der Waals surface area contributed by atoms with Crippen LogP contribution in [0.5, 0.6) is 0 Å². The smallest absolute Gasteiger partial charge is 0.227 e. The number of carbonyl (C=O) groups excluding carboxylic acids is 1. The van der Waals surface area contributed by atoms with Crippen LogP contribution < -0.4 is 4.90 Å². The van der Waals surface area contributed by atoms with Crippen LogP contribution >= 0.6 is 0 Å². The molecule has 6 heteroatoms. The SMILES string of the molecule is CCN(CC)C(=O)[C@H]1CCCN(c2ncnc3c2c(-c2ccccc2)cn3-c2cccc(C)c2)C1. The number of anilines is 1. The molecule has 1 aliphatic heterocycles. The van der Waals surface area contributed by atoms with E-state index in [2.05, 4.69) is 85.0 Å². The highest BCUT2D eigenvalue weighted by molar-refractivity contribution is 6.02. The van der Waals surface area contributed by atoms with Crippen LogP contribution in [0, 0.1) is 12.8 Å². The number of amides is 1. The van der Waals surface area contributed by atoms with Gasteiger partial charge in [-0.2, -0.15) is 0 Å². The molecule has 2 aromatic carbocycles. The Morgan fingerprint density at radius 3 is 2.60 bits per heavy atom. The van der Waals surface area contributed by atoms with E-state index in [9.17, 15) is 4.79 Å². The van der Waals surface area contributed by atoms with E-state index < -0.39 is 0 Å². The zero-order valence-electron chi connectivity index (χ0n) is 20.8. The largest absolute Gasteiger partial charge is 0.355 e. The summed E-state index contributed by atoms with van der Waals surface area (Å²) >= 11 is 0. The van der Waals surface area contributed by atoms with E-state index in [0.717, 1.165) is 66.1 Å². The standard InChI is InChI=1S/C29H33N5O/c1-4-32(5-2)29(35)23-14-10-16-33(18-23)27-26-25(22-12-7-6-8-13-22)19-34(28(26)31-20-30-27)24-15-9-11-21(3)17-24/h6-9,11-13,15,17,19-20,23H,4-5,10,14,16,18H2,1-3H3/t23-/m0/s1. The quantitative estimate of drug-likeness (QED) is 0.377. The second kappa shape index (κ2) is 9.90. The molecular weight excluding hydrogens is 434 g/mol. The maximum Gasteiger partial charge on any atom is 0.227 e. The van der Waals surface area contributed by atoms with Crippen molar-refractivity contribution < 1.29 is 4.79 Å². The van der Waals surface area contributed by atoms with Crippen molar-refractivity contribution in [1.82, 2.24) is 19.4 Å². The molecule has 5 rings (SSSR count). The molecule has 0 saturated carbocycles. The number of rotatable bonds is 6. The predicted molar refractivity (Wildman–Crippen MR) is 142 cm³/mol. The molecule has 35 heavy (non-hydrogen) atoms. The number of benzene rings is 2. The van der Waals surface area contributed by atoms with E-state index in [0.29, 0.717) is 6.54 Å². The highest BCUT2D eigenvalue weighted by atomic mass is 16.2. The Hall–Kier alpha value is -3.67. The summed E-state index contributed by atoms with van der Waals surface area (Å²) in [4.78, 5) is 27.0. The van der Waals surface area contributed by atoms with Gasteiger partial charge < -0.3 is 14.4 Å². The summed E-state index contributed by atoms with van der Waals surface area (Å²) in [6.07, 6.45) is 5.74. The lowest BCUT2D eigenvalue weighted by Gasteiger charge is -2.35. The zero-order valence-corrected chi connectivity index (χ0v) is 20.8. The number of carbonyl (C=O) groups is 1. The molecule has 4 aromatic rings. The molecule has 180 valence electrons. The molecule has 6 nitrogen and oxygen atoms in total. The summed E-state index contributed by atoms with van der Waals surface area (Å²) in [5.74, 6) is 1.16. The molecule has 3 heterocycles. The molecular formula is C29H33N5O. The van der Waals surface area contributed by atoms with Gasteiger partial charge in [0.1, 0.15) is 12.1 Å². The van der Waals surface area contributed by atoms with Gasteiger partial charge in [-0.05, 0) is 56.9 Å². The number of piperidine rings is 1. The van der Waals surface area contributed by atoms with Crippen molar-refractivity contribution in [3.8, 4) is 16.8 Å². The molecule has 0 bridgehead atoms. The normalized spacial score (nSPS) is 16.0. The van der Waals surface area contributed by atoms with Gasteiger partial charge in [-0.15, -0.1) is 0 Å². The molecule has 2 aromatic heterocycles. The van der Waals surface area contributed by atoms with Gasteiger partial charge in [0.05, 0.1) is 11.3 Å². The first-order chi connectivity index (χ1) is 17.1. The van der Waals surface area contributed by atoms with Crippen molar-refractivity contribution in [2.24, 2.45) is 5.92 Å². The zero-order chi connectivity index (χ0) is 24.4. The van der Waals surface area contributed by atoms with Gasteiger partial charge in [-0.1, -0.05) is 42.5 Å². The van der Waals surface area contributed by atoms with Gasteiger partial charge in [-0.3, -0.25) is 4.79 Å². The number of aryl methyl sites for hydroxylation is 1. The van der Waals surface area contributed by atoms with Crippen LogP contribution in [-0.4, -0.2) is 51.5 Å². The summed E-state index contributed by atoms with van der Waals surface area (Å²) in [7, 11) is 0. The highest BCUT2D eigenvalue weighted by Crippen LogP contribution is 2.38. The average molecular weight is 468 g/mol. The lowest BCUT2D eigenvalue weighted by molar-refractivity contribution is -0.135. The van der Waals surface area contributed by atoms with Crippen LogP contribution in [0.2, 0.25) is 0 Å². The number of nitrogens with zero attached hydrogens (tertiary/aromatic N) is 5. The van der Waals surface area contributed by atoms with Crippen molar-refractivity contribution in [2.45, 2.75) is 33.6 Å². The fourth-order valence-electron chi connectivity index (χ4n) is 5.26. The summed E-state index contributed by atoms with van der Waals surface area (Å²) in [5.41, 5.74) is 5.41. The Labute approximate surface area is 207 Å². The van der Waals surface area contributed by atoms with Crippen LogP contribution in [0.4, 0.5) is 5.82 Å². The summed E-state index contributed by atoms with van der Waals surface area (Å²) in [6, 6.07) is 18.9. The first-order valence-electron chi connectivity index (χ1n) is 12.6. The van der Waals surface area contributed by atoms with Crippen LogP contribution in [0.15, 0.2) is 67.1 Å². The van der Waals surface area contributed by atoms with Crippen molar-refractivity contribution in [2.75, 3.05) is 31.1 Å². The van der Waals surface area contributed by atoms with Crippen LogP contribution in [-0.2, 0) is 4.79 Å². The van der Waals surface area contributed by atoms with Crippen LogP contribution in [0.3, 0.4) is 0 Å². The monoisotopic (exact) mass is 467 g/mol. The van der Waals surface area contributed by atoms with E-state index in [4.69, 9.17) is 9.97 Å². The fraction of sp³-hybridized carbons (Fsp3) is 0.345.